The smallest absolute Gasteiger partial charge is 0.339 e. The summed E-state index contributed by atoms with van der Waals surface area (Å²) in [5.74, 6) is -0.560. The monoisotopic (exact) mass is 461 g/mol. The van der Waals surface area contributed by atoms with Gasteiger partial charge in [-0.15, -0.1) is 0 Å². The fourth-order valence-electron chi connectivity index (χ4n) is 3.14. The Hall–Kier alpha value is -3.41. The normalized spacial score (nSPS) is 11.8. The molecule has 172 valence electrons. The van der Waals surface area contributed by atoms with Gasteiger partial charge in [0.15, 0.2) is 11.5 Å². The molecule has 0 saturated heterocycles. The second-order valence-corrected chi connectivity index (χ2v) is 9.54. The summed E-state index contributed by atoms with van der Waals surface area (Å²) in [4.78, 5) is 36.1. The summed E-state index contributed by atoms with van der Waals surface area (Å²) in [7, 11) is -2.11. The minimum atomic E-state index is -3.69. The van der Waals surface area contributed by atoms with Crippen LogP contribution in [0.25, 0.3) is 11.2 Å². The van der Waals surface area contributed by atoms with Crippen molar-refractivity contribution in [3.05, 3.63) is 46.4 Å². The van der Waals surface area contributed by atoms with Crippen LogP contribution < -0.4 is 16.1 Å². The Morgan fingerprint density at radius 2 is 1.88 bits per heavy atom. The molecule has 2 heterocycles. The maximum atomic E-state index is 13.3. The Bertz CT molecular complexity index is 1300. The number of benzene rings is 1. The third-order valence-electron chi connectivity index (χ3n) is 4.96. The Kier molecular flexibility index (Phi) is 6.53. The molecule has 0 aliphatic heterocycles. The van der Waals surface area contributed by atoms with Crippen LogP contribution in [0.3, 0.4) is 0 Å². The molecule has 3 rings (SSSR count). The third-order valence-corrected chi connectivity index (χ3v) is 6.40. The van der Waals surface area contributed by atoms with Crippen LogP contribution in [0.2, 0.25) is 0 Å². The molecule has 12 heteroatoms. The predicted octanol–water partition coefficient (Wildman–Crippen LogP) is 1.68. The maximum Gasteiger partial charge on any atom is 0.339 e. The van der Waals surface area contributed by atoms with Crippen LogP contribution in [0, 0.1) is 0 Å². The number of nitrogens with two attached hydrogens (primary N) is 1. The fraction of sp³-hybridized carbons (Fsp3) is 0.400. The van der Waals surface area contributed by atoms with E-state index in [1.807, 2.05) is 44.2 Å². The number of amides is 1. The van der Waals surface area contributed by atoms with E-state index in [0.717, 1.165) is 10.1 Å². The van der Waals surface area contributed by atoms with Gasteiger partial charge in [0.1, 0.15) is 5.52 Å². The zero-order valence-corrected chi connectivity index (χ0v) is 19.3. The highest BCUT2D eigenvalue weighted by Gasteiger charge is 2.27. The Morgan fingerprint density at radius 3 is 2.47 bits per heavy atom. The highest BCUT2D eigenvalue weighted by atomic mass is 32.2. The van der Waals surface area contributed by atoms with Crippen LogP contribution in [-0.4, -0.2) is 57.3 Å². The number of rotatable bonds is 7. The van der Waals surface area contributed by atoms with Crippen LogP contribution >= 0.6 is 0 Å². The largest absolute Gasteiger partial charge is 0.382 e. The number of carbonyl (C=O) groups excluding carboxylic acids is 1. The predicted molar refractivity (Wildman–Crippen MR) is 123 cm³/mol. The number of nitrogens with one attached hydrogen (secondary N) is 1. The Balaban J connectivity index is 2.25. The van der Waals surface area contributed by atoms with E-state index < -0.39 is 21.7 Å². The van der Waals surface area contributed by atoms with Gasteiger partial charge in [0.2, 0.25) is 16.0 Å². The molecule has 0 aliphatic carbocycles. The molecule has 1 amide bonds. The summed E-state index contributed by atoms with van der Waals surface area (Å²) in [5, 5.41) is 0. The summed E-state index contributed by atoms with van der Waals surface area (Å²) in [5.41, 5.74) is 6.35. The highest BCUT2D eigenvalue weighted by molar-refractivity contribution is 7.92. The Morgan fingerprint density at radius 1 is 1.22 bits per heavy atom. The molecule has 0 spiro atoms. The molecule has 0 radical (unpaired) electrons. The molecule has 32 heavy (non-hydrogen) atoms. The van der Waals surface area contributed by atoms with Crippen molar-refractivity contribution in [2.75, 3.05) is 23.3 Å². The van der Waals surface area contributed by atoms with E-state index >= 15 is 0 Å². The first-order chi connectivity index (χ1) is 15.1. The summed E-state index contributed by atoms with van der Waals surface area (Å²) < 4.78 is 28.9. The van der Waals surface area contributed by atoms with Crippen molar-refractivity contribution in [2.24, 2.45) is 0 Å². The number of sulfonamides is 1. The molecule has 0 atom stereocenters. The lowest BCUT2D eigenvalue weighted by Crippen LogP contribution is -2.41. The third kappa shape index (κ3) is 4.59. The molecule has 2 aromatic heterocycles. The number of nitrogens with zero attached hydrogens (tertiary/aromatic N) is 5. The van der Waals surface area contributed by atoms with Gasteiger partial charge in [0.25, 0.3) is 0 Å². The number of anilines is 2. The summed E-state index contributed by atoms with van der Waals surface area (Å²) >= 11 is 0. The first-order valence-corrected chi connectivity index (χ1v) is 11.8. The van der Waals surface area contributed by atoms with Gasteiger partial charge in [-0.25, -0.2) is 22.6 Å². The van der Waals surface area contributed by atoms with Gasteiger partial charge in [0, 0.05) is 13.1 Å². The molecule has 0 fully saturated rings. The van der Waals surface area contributed by atoms with E-state index in [-0.39, 0.29) is 41.3 Å². The molecule has 3 N–H and O–H groups in total. The zero-order chi connectivity index (χ0) is 23.6. The van der Waals surface area contributed by atoms with Gasteiger partial charge in [0.05, 0.1) is 12.3 Å². The topological polar surface area (TPSA) is 145 Å². The lowest BCUT2D eigenvalue weighted by molar-refractivity contribution is 0.199. The van der Waals surface area contributed by atoms with Crippen LogP contribution in [0.4, 0.5) is 16.6 Å². The van der Waals surface area contributed by atoms with E-state index in [1.54, 1.807) is 14.0 Å². The lowest BCUT2D eigenvalue weighted by Gasteiger charge is -2.21. The van der Waals surface area contributed by atoms with Crippen molar-refractivity contribution in [1.29, 1.82) is 0 Å². The van der Waals surface area contributed by atoms with Gasteiger partial charge in [-0.3, -0.25) is 9.29 Å². The first-order valence-electron chi connectivity index (χ1n) is 10.2. The average Bonchev–Trinajstić information content (AvgIpc) is 2.99. The van der Waals surface area contributed by atoms with Crippen molar-refractivity contribution < 1.29 is 13.2 Å². The Labute approximate surface area is 185 Å². The first kappa shape index (κ1) is 23.3. The standard InChI is InChI=1S/C20H27N7O4S/c1-5-11-32(30,31)24-18-22-16(21)15-17(23-18)26(12-14-9-7-6-8-10-14)20(29)27(15)19(28)25(4)13(2)3/h6-10,13H,5,11-12H2,1-4H3,(H3,21,22,23,24). The van der Waals surface area contributed by atoms with Gasteiger partial charge in [-0.2, -0.15) is 9.97 Å². The van der Waals surface area contributed by atoms with Crippen molar-refractivity contribution in [3.8, 4) is 0 Å². The van der Waals surface area contributed by atoms with Crippen LogP contribution in [0.5, 0.6) is 0 Å². The second-order valence-electron chi connectivity index (χ2n) is 7.70. The van der Waals surface area contributed by atoms with Gasteiger partial charge in [-0.05, 0) is 25.8 Å². The number of fused-ring (bicyclic) bond motifs is 1. The number of hydrogen-bond acceptors (Lipinski definition) is 7. The molecular weight excluding hydrogens is 434 g/mol. The maximum absolute atomic E-state index is 13.3. The van der Waals surface area contributed by atoms with E-state index in [1.165, 1.54) is 9.47 Å². The molecular formula is C20H27N7O4S. The lowest BCUT2D eigenvalue weighted by atomic mass is 10.2. The highest BCUT2D eigenvalue weighted by Crippen LogP contribution is 2.21. The van der Waals surface area contributed by atoms with Crippen molar-refractivity contribution in [2.45, 2.75) is 39.8 Å². The molecule has 0 saturated carbocycles. The molecule has 3 aromatic rings. The van der Waals surface area contributed by atoms with Crippen LogP contribution in [-0.2, 0) is 16.6 Å². The minimum Gasteiger partial charge on any atom is -0.382 e. The quantitative estimate of drug-likeness (QED) is 0.544. The SMILES string of the molecule is CCCS(=O)(=O)Nc1nc(N)c2c(n1)n(Cc1ccccc1)c(=O)n2C(=O)N(C)C(C)C. The second kappa shape index (κ2) is 8.99. The van der Waals surface area contributed by atoms with E-state index in [2.05, 4.69) is 14.7 Å². The van der Waals surface area contributed by atoms with Crippen LogP contribution in [0.1, 0.15) is 32.8 Å². The number of carbonyl (C=O) groups is 1. The number of imidazole rings is 1. The molecule has 0 unspecified atom stereocenters. The zero-order valence-electron chi connectivity index (χ0n) is 18.4. The van der Waals surface area contributed by atoms with Crippen molar-refractivity contribution in [1.82, 2.24) is 24.0 Å². The van der Waals surface area contributed by atoms with E-state index in [9.17, 15) is 18.0 Å². The summed E-state index contributed by atoms with van der Waals surface area (Å²) in [6.45, 7) is 5.46. The summed E-state index contributed by atoms with van der Waals surface area (Å²) in [6.07, 6.45) is 0.401. The average molecular weight is 462 g/mol. The minimum absolute atomic E-state index is 0.0295. The van der Waals surface area contributed by atoms with Crippen molar-refractivity contribution >= 4 is 39.0 Å². The fourth-order valence-corrected chi connectivity index (χ4v) is 4.15. The molecule has 0 aliphatic rings. The molecule has 0 bridgehead atoms. The van der Waals surface area contributed by atoms with Crippen molar-refractivity contribution in [3.63, 3.8) is 0 Å². The van der Waals surface area contributed by atoms with Gasteiger partial charge < -0.3 is 10.6 Å². The molecule has 1 aromatic carbocycles. The number of aromatic nitrogens is 4. The van der Waals surface area contributed by atoms with Gasteiger partial charge >= 0.3 is 11.7 Å². The summed E-state index contributed by atoms with van der Waals surface area (Å²) in [6, 6.07) is 8.38. The number of hydrogen-bond donors (Lipinski definition) is 2. The molecule has 11 nitrogen and oxygen atoms in total. The van der Waals surface area contributed by atoms with Gasteiger partial charge in [-0.1, -0.05) is 37.3 Å². The van der Waals surface area contributed by atoms with Crippen LogP contribution in [0.15, 0.2) is 35.1 Å². The number of nitrogen functional groups attached to an aromatic ring is 1. The van der Waals surface area contributed by atoms with E-state index in [4.69, 9.17) is 5.73 Å². The van der Waals surface area contributed by atoms with E-state index in [0.29, 0.717) is 6.42 Å².